The highest BCUT2D eigenvalue weighted by molar-refractivity contribution is 7.85. The van der Waals surface area contributed by atoms with Gasteiger partial charge in [-0.05, 0) is 344 Å². The van der Waals surface area contributed by atoms with Crippen molar-refractivity contribution in [2.24, 2.45) is 0 Å². The van der Waals surface area contributed by atoms with Crippen molar-refractivity contribution in [3.05, 3.63) is 565 Å². The second kappa shape index (κ2) is 46.0. The lowest BCUT2D eigenvalue weighted by atomic mass is 9.91. The summed E-state index contributed by atoms with van der Waals surface area (Å²) in [5, 5.41) is 5.09. The van der Waals surface area contributed by atoms with Crippen LogP contribution in [-0.2, 0) is 16.7 Å². The van der Waals surface area contributed by atoms with Crippen LogP contribution in [0.2, 0.25) is 10.0 Å². The van der Waals surface area contributed by atoms with Gasteiger partial charge in [0.05, 0.1) is 12.0 Å². The molecular formula is C128H90Cl2O18S. The topological polar surface area (TPSA) is 248 Å². The van der Waals surface area contributed by atoms with Crippen LogP contribution in [-0.4, -0.2) is 60.6 Å². The largest absolute Gasteiger partial charge is 0.497 e. The van der Waals surface area contributed by atoms with Gasteiger partial charge in [-0.1, -0.05) is 198 Å². The zero-order chi connectivity index (χ0) is 104. The molecule has 0 bridgehead atoms. The molecule has 18 nitrogen and oxygen atoms in total. The molecule has 0 spiro atoms. The van der Waals surface area contributed by atoms with Crippen molar-refractivity contribution >= 4 is 95.3 Å². The number of aryl methyl sites for hydroxylation is 3. The average Bonchev–Trinajstić information content (AvgIpc) is 0.797. The van der Waals surface area contributed by atoms with Crippen LogP contribution >= 0.6 is 23.2 Å². The fraction of sp³-hybridized carbons (Fsp3) is 0.0391. The van der Waals surface area contributed by atoms with E-state index in [0.717, 1.165) is 49.9 Å². The zero-order valence-electron chi connectivity index (χ0n) is 80.6. The molecule has 0 fully saturated rings. The number of ketones is 7. The number of hydrogen-bond acceptors (Lipinski definition) is 17. The minimum absolute atomic E-state index is 0.0210. The molecule has 20 aromatic carbocycles. The number of carbonyl (C=O) groups excluding carboxylic acids is 7. The third kappa shape index (κ3) is 25.8. The molecule has 0 radical (unpaired) electrons. The highest BCUT2D eigenvalue weighted by atomic mass is 35.5. The first-order valence-electron chi connectivity index (χ1n) is 47.2. The third-order valence-corrected chi connectivity index (χ3v) is 25.6. The molecule has 0 saturated carbocycles. The van der Waals surface area contributed by atoms with E-state index in [1.807, 2.05) is 203 Å². The first-order chi connectivity index (χ1) is 72.2. The Hall–Kier alpha value is -18.5. The van der Waals surface area contributed by atoms with Gasteiger partial charge in [0.25, 0.3) is 10.1 Å². The van der Waals surface area contributed by atoms with E-state index in [4.69, 9.17) is 61.1 Å². The summed E-state index contributed by atoms with van der Waals surface area (Å²) >= 11 is 11.9. The van der Waals surface area contributed by atoms with Crippen molar-refractivity contribution < 1.29 is 84.4 Å². The normalized spacial score (nSPS) is 10.9. The smallest absolute Gasteiger partial charge is 0.294 e. The second-order valence-corrected chi connectivity index (χ2v) is 37.2. The Morgan fingerprint density at radius 2 is 0.497 bits per heavy atom. The van der Waals surface area contributed by atoms with Gasteiger partial charge in [0.15, 0.2) is 40.5 Å². The predicted octanol–water partition coefficient (Wildman–Crippen LogP) is 31.5. The van der Waals surface area contributed by atoms with Crippen LogP contribution in [0.1, 0.15) is 134 Å². The van der Waals surface area contributed by atoms with Gasteiger partial charge in [-0.15, -0.1) is 0 Å². The number of rotatable bonds is 32. The van der Waals surface area contributed by atoms with Gasteiger partial charge in [-0.2, -0.15) is 8.42 Å². The molecule has 149 heavy (non-hydrogen) atoms. The minimum Gasteiger partial charge on any atom is -0.497 e. The number of halogens is 2. The summed E-state index contributed by atoms with van der Waals surface area (Å²) in [7, 11) is -2.88. The highest BCUT2D eigenvalue weighted by Gasteiger charge is 2.23. The van der Waals surface area contributed by atoms with E-state index in [1.54, 1.807) is 256 Å². The van der Waals surface area contributed by atoms with Crippen LogP contribution in [0.25, 0.3) is 32.7 Å². The van der Waals surface area contributed by atoms with Crippen LogP contribution in [0.3, 0.4) is 0 Å². The molecule has 0 unspecified atom stereocenters. The summed E-state index contributed by atoms with van der Waals surface area (Å²) in [6.45, 7) is 6.14. The van der Waals surface area contributed by atoms with Crippen LogP contribution in [0.15, 0.2) is 460 Å². The number of carbonyl (C=O) groups is 7. The quantitative estimate of drug-likeness (QED) is 0.0304. The van der Waals surface area contributed by atoms with Crippen LogP contribution in [0.5, 0.6) is 80.5 Å². The SMILES string of the molecule is COc1cccc(Oc2ccc(C(=O)c3ccc(-c4ccc(C)cc4C(=O)c4cccc(S(=O)(=O)O)c4)cc3)cc2)c1.Cc1ccc(C(=O)c2ccc(Oc3ccc4ccc(Oc5ccc(C(=O)c6ccc(C)cc6)cc5)cc4c3)cc2)cc1.O=C(c1ccc(Cl)cc1)c1ccc(Oc2cccc(OCc3ccc(C(=O)c4ccc(Oc5ccc6ccc(Oc7ccc(C(=O)c8ccc(Cl)cc8)cc7)cc6c5)cc4)cc3)c2)cc1. The van der Waals surface area contributed by atoms with Gasteiger partial charge < -0.3 is 37.9 Å². The summed E-state index contributed by atoms with van der Waals surface area (Å²) in [6.07, 6.45) is 0. The van der Waals surface area contributed by atoms with Gasteiger partial charge in [-0.25, -0.2) is 0 Å². The number of fused-ring (bicyclic) bond motifs is 2. The summed E-state index contributed by atoms with van der Waals surface area (Å²) < 4.78 is 80.3. The maximum Gasteiger partial charge on any atom is 0.294 e. The Labute approximate surface area is 869 Å². The van der Waals surface area contributed by atoms with Gasteiger partial charge in [0.2, 0.25) is 0 Å². The van der Waals surface area contributed by atoms with E-state index in [-0.39, 0.29) is 51.8 Å². The molecule has 21 heteroatoms. The van der Waals surface area contributed by atoms with Crippen molar-refractivity contribution in [1.29, 1.82) is 0 Å². The van der Waals surface area contributed by atoms with Gasteiger partial charge in [0, 0.05) is 100 Å². The Balaban J connectivity index is 0.000000152. The molecule has 1 N–H and O–H groups in total. The zero-order valence-corrected chi connectivity index (χ0v) is 82.9. The first-order valence-corrected chi connectivity index (χ1v) is 49.4. The lowest BCUT2D eigenvalue weighted by molar-refractivity contribution is 0.103. The van der Waals surface area contributed by atoms with Gasteiger partial charge in [0.1, 0.15) is 87.1 Å². The monoisotopic (exact) mass is 2020 g/mol. The molecule has 730 valence electrons. The molecule has 0 aromatic heterocycles. The van der Waals surface area contributed by atoms with Crippen molar-refractivity contribution in [2.45, 2.75) is 32.3 Å². The predicted molar refractivity (Wildman–Crippen MR) is 579 cm³/mol. The van der Waals surface area contributed by atoms with Crippen LogP contribution < -0.4 is 37.9 Å². The van der Waals surface area contributed by atoms with E-state index in [0.29, 0.717) is 174 Å². The molecule has 20 rings (SSSR count). The first kappa shape index (κ1) is 101. The van der Waals surface area contributed by atoms with Gasteiger partial charge in [-0.3, -0.25) is 38.1 Å². The van der Waals surface area contributed by atoms with Crippen molar-refractivity contribution in [1.82, 2.24) is 0 Å². The lowest BCUT2D eigenvalue weighted by Gasteiger charge is -2.12. The molecule has 0 amide bonds. The van der Waals surface area contributed by atoms with Gasteiger partial charge >= 0.3 is 0 Å². The average molecular weight is 2020 g/mol. The van der Waals surface area contributed by atoms with Crippen molar-refractivity contribution in [2.75, 3.05) is 7.11 Å². The fourth-order valence-corrected chi connectivity index (χ4v) is 17.0. The molecule has 0 heterocycles. The van der Waals surface area contributed by atoms with Crippen LogP contribution in [0.4, 0.5) is 0 Å². The standard InChI is InChI=1S/C56H36Cl2O7.C38H28O4.C34H26O7S/c57-45-20-8-39(9-21-45)55(60)42-14-24-47(25-15-42)63-51-3-1-2-50(34-51)62-35-36-4-6-38(7-5-36)54(59)41-16-26-48(27-17-41)64-52-30-12-37-13-31-53(33-44(37)32-52)65-49-28-18-43(19-29-49)56(61)40-10-22-46(58)23-11-40;1-25-3-7-28(8-4-25)37(39)30-13-17-33(18-14-30)41-35-21-11-27-12-22-36(24-32(27)23-35)42-34-19-15-31(16-20-34)38(40)29-9-5-26(2)6-10-29;1-22-9-18-31(32(19-22)34(36)26-5-3-8-30(20-26)42(37,38)39)23-10-12-24(13-11-23)33(35)25-14-16-27(17-15-25)41-29-7-4-6-28(21-29)40-2/h1-34H,35H2;3-24H,1-2H3;3-21H,1-2H3,(H,37,38,39). The minimum atomic E-state index is -4.46. The molecule has 20 aromatic rings. The van der Waals surface area contributed by atoms with E-state index in [2.05, 4.69) is 0 Å². The summed E-state index contributed by atoms with van der Waals surface area (Å²) in [5.74, 6) is 7.82. The number of benzene rings is 20. The molecule has 0 aliphatic carbocycles. The fourth-order valence-electron chi connectivity index (χ4n) is 16.2. The third-order valence-electron chi connectivity index (χ3n) is 24.3. The summed E-state index contributed by atoms with van der Waals surface area (Å²) in [5.41, 5.74) is 12.6. The van der Waals surface area contributed by atoms with Crippen molar-refractivity contribution in [3.8, 4) is 91.6 Å². The summed E-state index contributed by atoms with van der Waals surface area (Å²) in [6, 6.07) is 134. The second-order valence-electron chi connectivity index (χ2n) is 34.9. The van der Waals surface area contributed by atoms with Crippen molar-refractivity contribution in [3.63, 3.8) is 0 Å². The Bertz CT molecular complexity index is 8350. The molecule has 0 aliphatic heterocycles. The summed E-state index contributed by atoms with van der Waals surface area (Å²) in [4.78, 5) is 90.9. The number of hydrogen-bond donors (Lipinski definition) is 1. The van der Waals surface area contributed by atoms with E-state index >= 15 is 0 Å². The van der Waals surface area contributed by atoms with E-state index in [9.17, 15) is 46.5 Å². The molecular weight excluding hydrogens is 1930 g/mol. The van der Waals surface area contributed by atoms with E-state index < -0.39 is 15.9 Å². The maximum atomic E-state index is 13.5. The van der Waals surface area contributed by atoms with E-state index in [1.165, 1.54) is 18.2 Å². The molecule has 0 saturated heterocycles. The Morgan fingerprint density at radius 1 is 0.235 bits per heavy atom. The number of ether oxygens (including phenoxy) is 8. The Kier molecular flexibility index (Phi) is 31.1. The molecule has 0 aliphatic rings. The maximum absolute atomic E-state index is 13.5. The highest BCUT2D eigenvalue weighted by Crippen LogP contribution is 2.38. The lowest BCUT2D eigenvalue weighted by Crippen LogP contribution is -2.07. The van der Waals surface area contributed by atoms with Crippen LogP contribution in [0, 0.1) is 20.8 Å². The number of methoxy groups -OCH3 is 1. The Morgan fingerprint density at radius 3 is 0.819 bits per heavy atom. The molecule has 0 atom stereocenters.